The molecule has 0 aliphatic heterocycles. The van der Waals surface area contributed by atoms with E-state index in [0.717, 1.165) is 24.8 Å². The average Bonchev–Trinajstić information content (AvgIpc) is 2.48. The highest BCUT2D eigenvalue weighted by atomic mass is 16.3. The standard InChI is InChI=1S/C22H31NO2/c1-13-5-14(2)7-18(6-13)21(3,4)20(24)23-19-16-8-15-9-17(19)12-22(25,10-15)11-16/h5-7,15-17,19,25H,8-12H2,1-4H3,(H,23,24)/t15-,16-,17-,19+,22-/m0/s1. The Morgan fingerprint density at radius 3 is 2.16 bits per heavy atom. The molecular weight excluding hydrogens is 310 g/mol. The molecule has 4 aliphatic carbocycles. The lowest BCUT2D eigenvalue weighted by molar-refractivity contribution is -0.148. The van der Waals surface area contributed by atoms with E-state index in [-0.39, 0.29) is 11.9 Å². The Morgan fingerprint density at radius 1 is 1.08 bits per heavy atom. The number of rotatable bonds is 3. The molecule has 4 fully saturated rings. The first-order chi connectivity index (χ1) is 11.7. The normalized spacial score (nSPS) is 36.5. The fourth-order valence-electron chi connectivity index (χ4n) is 6.02. The van der Waals surface area contributed by atoms with Crippen molar-refractivity contribution in [2.45, 2.75) is 76.9 Å². The van der Waals surface area contributed by atoms with Crippen molar-refractivity contribution < 1.29 is 9.90 Å². The van der Waals surface area contributed by atoms with Crippen LogP contribution in [0, 0.1) is 31.6 Å². The van der Waals surface area contributed by atoms with Gasteiger partial charge in [-0.2, -0.15) is 0 Å². The summed E-state index contributed by atoms with van der Waals surface area (Å²) in [5.41, 5.74) is 2.51. The number of hydrogen-bond acceptors (Lipinski definition) is 2. The van der Waals surface area contributed by atoms with Gasteiger partial charge in [0.15, 0.2) is 0 Å². The van der Waals surface area contributed by atoms with Crippen LogP contribution in [0.2, 0.25) is 0 Å². The molecule has 1 aromatic carbocycles. The fraction of sp³-hybridized carbons (Fsp3) is 0.682. The predicted octanol–water partition coefficient (Wildman–Crippen LogP) is 3.64. The first-order valence-corrected chi connectivity index (χ1v) is 9.78. The molecule has 4 bridgehead atoms. The van der Waals surface area contributed by atoms with Gasteiger partial charge in [-0.25, -0.2) is 0 Å². The van der Waals surface area contributed by atoms with Gasteiger partial charge in [0.25, 0.3) is 0 Å². The predicted molar refractivity (Wildman–Crippen MR) is 99.4 cm³/mol. The van der Waals surface area contributed by atoms with Gasteiger partial charge in [0.05, 0.1) is 11.0 Å². The van der Waals surface area contributed by atoms with E-state index in [1.54, 1.807) is 0 Å². The van der Waals surface area contributed by atoms with Crippen molar-refractivity contribution in [2.24, 2.45) is 17.8 Å². The Hall–Kier alpha value is -1.35. The minimum atomic E-state index is -0.539. The largest absolute Gasteiger partial charge is 0.390 e. The second-order valence-corrected chi connectivity index (χ2v) is 9.69. The lowest BCUT2D eigenvalue weighted by atomic mass is 9.52. The van der Waals surface area contributed by atoms with Crippen molar-refractivity contribution >= 4 is 5.91 Å². The number of benzene rings is 1. The second kappa shape index (κ2) is 5.57. The van der Waals surface area contributed by atoms with Crippen LogP contribution in [0.1, 0.15) is 62.6 Å². The summed E-state index contributed by atoms with van der Waals surface area (Å²) in [7, 11) is 0. The van der Waals surface area contributed by atoms with E-state index in [0.29, 0.717) is 17.8 Å². The first-order valence-electron chi connectivity index (χ1n) is 9.78. The summed E-state index contributed by atoms with van der Waals surface area (Å²) in [5, 5.41) is 14.1. The van der Waals surface area contributed by atoms with Crippen molar-refractivity contribution in [1.82, 2.24) is 5.32 Å². The third-order valence-electron chi connectivity index (χ3n) is 7.05. The molecule has 25 heavy (non-hydrogen) atoms. The average molecular weight is 341 g/mol. The van der Waals surface area contributed by atoms with Crippen LogP contribution in [0.3, 0.4) is 0 Å². The van der Waals surface area contributed by atoms with Crippen LogP contribution in [0.25, 0.3) is 0 Å². The van der Waals surface area contributed by atoms with Crippen LogP contribution in [0.15, 0.2) is 18.2 Å². The van der Waals surface area contributed by atoms with Crippen LogP contribution in [-0.4, -0.2) is 22.7 Å². The fourth-order valence-corrected chi connectivity index (χ4v) is 6.02. The van der Waals surface area contributed by atoms with E-state index in [2.05, 4.69) is 37.4 Å². The number of carbonyl (C=O) groups excluding carboxylic acids is 1. The van der Waals surface area contributed by atoms with Crippen LogP contribution in [0.4, 0.5) is 0 Å². The molecule has 4 saturated carbocycles. The summed E-state index contributed by atoms with van der Waals surface area (Å²) in [4.78, 5) is 13.2. The summed E-state index contributed by atoms with van der Waals surface area (Å²) in [6, 6.07) is 6.66. The minimum Gasteiger partial charge on any atom is -0.390 e. The zero-order valence-corrected chi connectivity index (χ0v) is 15.9. The highest BCUT2D eigenvalue weighted by Crippen LogP contribution is 2.55. The van der Waals surface area contributed by atoms with E-state index in [4.69, 9.17) is 0 Å². The van der Waals surface area contributed by atoms with E-state index in [1.165, 1.54) is 24.0 Å². The van der Waals surface area contributed by atoms with E-state index >= 15 is 0 Å². The van der Waals surface area contributed by atoms with Crippen molar-refractivity contribution in [2.75, 3.05) is 0 Å². The van der Waals surface area contributed by atoms with E-state index in [1.807, 2.05) is 13.8 Å². The lowest BCUT2D eigenvalue weighted by Crippen LogP contribution is -2.62. The van der Waals surface area contributed by atoms with Gasteiger partial charge in [-0.05, 0) is 83.1 Å². The number of hydrogen-bond donors (Lipinski definition) is 2. The summed E-state index contributed by atoms with van der Waals surface area (Å²) in [5.74, 6) is 1.70. The van der Waals surface area contributed by atoms with Crippen LogP contribution in [-0.2, 0) is 10.2 Å². The van der Waals surface area contributed by atoms with Crippen molar-refractivity contribution in [3.05, 3.63) is 34.9 Å². The Kier molecular flexibility index (Phi) is 3.81. The maximum Gasteiger partial charge on any atom is 0.230 e. The Labute approximate surface area is 151 Å². The summed E-state index contributed by atoms with van der Waals surface area (Å²) in [6.45, 7) is 8.23. The van der Waals surface area contributed by atoms with Gasteiger partial charge in [-0.15, -0.1) is 0 Å². The van der Waals surface area contributed by atoms with Gasteiger partial charge >= 0.3 is 0 Å². The second-order valence-electron chi connectivity index (χ2n) is 9.69. The molecule has 136 valence electrons. The SMILES string of the molecule is Cc1cc(C)cc(C(C)(C)C(=O)N[C@H]2[C@H]3C[C@@H]4C[C@H]2C[C@](O)(C3)C4)c1. The zero-order chi connectivity index (χ0) is 18.0. The first kappa shape index (κ1) is 17.1. The molecule has 0 heterocycles. The van der Waals surface area contributed by atoms with Gasteiger partial charge in [0.1, 0.15) is 0 Å². The van der Waals surface area contributed by atoms with Gasteiger partial charge < -0.3 is 10.4 Å². The van der Waals surface area contributed by atoms with E-state index in [9.17, 15) is 9.90 Å². The molecule has 0 unspecified atom stereocenters. The minimum absolute atomic E-state index is 0.127. The monoisotopic (exact) mass is 341 g/mol. The third kappa shape index (κ3) is 2.91. The van der Waals surface area contributed by atoms with Crippen molar-refractivity contribution in [3.63, 3.8) is 0 Å². The molecule has 1 amide bonds. The summed E-state index contributed by atoms with van der Waals surface area (Å²) in [6.07, 6.45) is 5.07. The highest BCUT2D eigenvalue weighted by molar-refractivity contribution is 5.87. The Balaban J connectivity index is 1.54. The maximum absolute atomic E-state index is 13.2. The number of aliphatic hydroxyl groups is 1. The Morgan fingerprint density at radius 2 is 1.64 bits per heavy atom. The molecule has 3 heteroatoms. The van der Waals surface area contributed by atoms with Crippen molar-refractivity contribution in [3.8, 4) is 0 Å². The molecule has 5 rings (SSSR count). The molecule has 0 radical (unpaired) electrons. The molecule has 2 atom stereocenters. The van der Waals surface area contributed by atoms with Gasteiger partial charge in [0.2, 0.25) is 5.91 Å². The summed E-state index contributed by atoms with van der Waals surface area (Å²) >= 11 is 0. The number of nitrogens with one attached hydrogen (secondary N) is 1. The molecular formula is C22H31NO2. The highest BCUT2D eigenvalue weighted by Gasteiger charge is 2.55. The van der Waals surface area contributed by atoms with Crippen LogP contribution in [0.5, 0.6) is 0 Å². The van der Waals surface area contributed by atoms with Crippen LogP contribution >= 0.6 is 0 Å². The number of amides is 1. The number of carbonyl (C=O) groups is 1. The van der Waals surface area contributed by atoms with Crippen molar-refractivity contribution in [1.29, 1.82) is 0 Å². The van der Waals surface area contributed by atoms with Gasteiger partial charge in [0, 0.05) is 6.04 Å². The van der Waals surface area contributed by atoms with E-state index < -0.39 is 11.0 Å². The molecule has 0 saturated heterocycles. The summed E-state index contributed by atoms with van der Waals surface area (Å²) < 4.78 is 0. The molecule has 0 aromatic heterocycles. The van der Waals surface area contributed by atoms with Gasteiger partial charge in [-0.3, -0.25) is 4.79 Å². The molecule has 2 N–H and O–H groups in total. The topological polar surface area (TPSA) is 49.3 Å². The lowest BCUT2D eigenvalue weighted by Gasteiger charge is -2.58. The van der Waals surface area contributed by atoms with Gasteiger partial charge in [-0.1, -0.05) is 29.3 Å². The van der Waals surface area contributed by atoms with Crippen LogP contribution < -0.4 is 5.32 Å². The Bertz CT molecular complexity index is 672. The molecule has 1 aromatic rings. The smallest absolute Gasteiger partial charge is 0.230 e. The molecule has 0 spiro atoms. The molecule has 4 aliphatic rings. The maximum atomic E-state index is 13.2. The quantitative estimate of drug-likeness (QED) is 0.882. The number of aryl methyl sites for hydroxylation is 2. The molecule has 3 nitrogen and oxygen atoms in total. The zero-order valence-electron chi connectivity index (χ0n) is 15.9. The third-order valence-corrected chi connectivity index (χ3v) is 7.05.